The molecule has 0 bridgehead atoms. The maximum atomic E-state index is 4.61. The number of rotatable bonds is 5. The van der Waals surface area contributed by atoms with E-state index in [0.29, 0.717) is 5.95 Å². The van der Waals surface area contributed by atoms with Crippen molar-refractivity contribution in [2.75, 3.05) is 23.3 Å². The van der Waals surface area contributed by atoms with Gasteiger partial charge in [0.25, 0.3) is 5.95 Å². The predicted molar refractivity (Wildman–Crippen MR) is 85.0 cm³/mol. The van der Waals surface area contributed by atoms with Crippen LogP contribution in [0.2, 0.25) is 0 Å². The standard InChI is InChI=1S/C16H21N5/c1-2-3-10-17-15-12-18-20-16(19-15)21-11-6-8-13-7-4-5-9-14(13)21/h4-5,7,9,12H,2-3,6,8,10-11H2,1H3,(H,17,19,20). The summed E-state index contributed by atoms with van der Waals surface area (Å²) < 4.78 is 0. The van der Waals surface area contributed by atoms with E-state index in [1.54, 1.807) is 6.20 Å². The molecule has 2 aromatic rings. The highest BCUT2D eigenvalue weighted by atomic mass is 15.3. The molecule has 0 fully saturated rings. The molecule has 0 atom stereocenters. The van der Waals surface area contributed by atoms with E-state index in [-0.39, 0.29) is 0 Å². The van der Waals surface area contributed by atoms with E-state index in [0.717, 1.165) is 44.6 Å². The summed E-state index contributed by atoms with van der Waals surface area (Å²) in [7, 11) is 0. The Labute approximate surface area is 125 Å². The summed E-state index contributed by atoms with van der Waals surface area (Å²) >= 11 is 0. The third-order valence-corrected chi connectivity index (χ3v) is 3.74. The molecule has 110 valence electrons. The van der Waals surface area contributed by atoms with Crippen molar-refractivity contribution in [3.05, 3.63) is 36.0 Å². The second-order valence-corrected chi connectivity index (χ2v) is 5.31. The van der Waals surface area contributed by atoms with Gasteiger partial charge in [0.05, 0.1) is 6.20 Å². The van der Waals surface area contributed by atoms with Gasteiger partial charge in [-0.15, -0.1) is 5.10 Å². The van der Waals surface area contributed by atoms with Crippen molar-refractivity contribution in [2.45, 2.75) is 32.6 Å². The largest absolute Gasteiger partial charge is 0.369 e. The minimum atomic E-state index is 0.684. The quantitative estimate of drug-likeness (QED) is 0.854. The van der Waals surface area contributed by atoms with Crippen LogP contribution in [0.15, 0.2) is 30.5 Å². The smallest absolute Gasteiger partial charge is 0.251 e. The number of para-hydroxylation sites is 1. The van der Waals surface area contributed by atoms with Gasteiger partial charge in [-0.3, -0.25) is 0 Å². The zero-order chi connectivity index (χ0) is 14.5. The summed E-state index contributed by atoms with van der Waals surface area (Å²) in [6.07, 6.45) is 6.22. The third kappa shape index (κ3) is 3.12. The predicted octanol–water partition coefficient (Wildman–Crippen LogP) is 3.17. The fourth-order valence-corrected chi connectivity index (χ4v) is 2.63. The molecule has 21 heavy (non-hydrogen) atoms. The van der Waals surface area contributed by atoms with Gasteiger partial charge in [0, 0.05) is 18.8 Å². The summed E-state index contributed by atoms with van der Waals surface area (Å²) in [6, 6.07) is 8.46. The summed E-state index contributed by atoms with van der Waals surface area (Å²) in [4.78, 5) is 6.77. The number of fused-ring (bicyclic) bond motifs is 1. The maximum Gasteiger partial charge on any atom is 0.251 e. The molecule has 3 rings (SSSR count). The number of aryl methyl sites for hydroxylation is 1. The van der Waals surface area contributed by atoms with Crippen molar-refractivity contribution in [3.63, 3.8) is 0 Å². The van der Waals surface area contributed by atoms with E-state index in [2.05, 4.69) is 56.6 Å². The first-order valence-electron chi connectivity index (χ1n) is 7.67. The van der Waals surface area contributed by atoms with E-state index >= 15 is 0 Å². The first-order valence-corrected chi connectivity index (χ1v) is 7.67. The van der Waals surface area contributed by atoms with Gasteiger partial charge in [0.15, 0.2) is 5.82 Å². The molecule has 1 aromatic heterocycles. The van der Waals surface area contributed by atoms with Crippen molar-refractivity contribution >= 4 is 17.5 Å². The van der Waals surface area contributed by atoms with Gasteiger partial charge in [-0.05, 0) is 30.9 Å². The van der Waals surface area contributed by atoms with Gasteiger partial charge in [0.1, 0.15) is 0 Å². The number of nitrogens with one attached hydrogen (secondary N) is 1. The molecule has 5 heteroatoms. The van der Waals surface area contributed by atoms with Crippen LogP contribution in [0.3, 0.4) is 0 Å². The van der Waals surface area contributed by atoms with Crippen LogP contribution in [0.25, 0.3) is 0 Å². The molecule has 1 aromatic carbocycles. The Bertz CT molecular complexity index is 599. The molecule has 0 spiro atoms. The van der Waals surface area contributed by atoms with E-state index in [1.807, 2.05) is 0 Å². The molecule has 0 saturated heterocycles. The average molecular weight is 283 g/mol. The zero-order valence-corrected chi connectivity index (χ0v) is 12.4. The normalized spacial score (nSPS) is 13.9. The fourth-order valence-electron chi connectivity index (χ4n) is 2.63. The van der Waals surface area contributed by atoms with Gasteiger partial charge in [0.2, 0.25) is 0 Å². The Morgan fingerprint density at radius 1 is 1.29 bits per heavy atom. The molecule has 0 amide bonds. The molecule has 5 nitrogen and oxygen atoms in total. The van der Waals surface area contributed by atoms with E-state index in [1.165, 1.54) is 11.3 Å². The molecule has 1 aliphatic heterocycles. The molecular weight excluding hydrogens is 262 g/mol. The second kappa shape index (κ2) is 6.52. The minimum absolute atomic E-state index is 0.684. The number of hydrogen-bond acceptors (Lipinski definition) is 5. The van der Waals surface area contributed by atoms with Crippen LogP contribution in [-0.4, -0.2) is 28.3 Å². The Kier molecular flexibility index (Phi) is 4.28. The van der Waals surface area contributed by atoms with Crippen LogP contribution in [0.1, 0.15) is 31.7 Å². The van der Waals surface area contributed by atoms with E-state index in [4.69, 9.17) is 0 Å². The van der Waals surface area contributed by atoms with Crippen LogP contribution in [0, 0.1) is 0 Å². The highest BCUT2D eigenvalue weighted by Crippen LogP contribution is 2.31. The van der Waals surface area contributed by atoms with Crippen molar-refractivity contribution < 1.29 is 0 Å². The Morgan fingerprint density at radius 3 is 3.10 bits per heavy atom. The summed E-state index contributed by atoms with van der Waals surface area (Å²) in [6.45, 7) is 4.04. The molecule has 0 aliphatic carbocycles. The topological polar surface area (TPSA) is 53.9 Å². The Hall–Kier alpha value is -2.17. The minimum Gasteiger partial charge on any atom is -0.369 e. The number of anilines is 3. The number of unbranched alkanes of at least 4 members (excludes halogenated alkanes) is 1. The molecular formula is C16H21N5. The summed E-state index contributed by atoms with van der Waals surface area (Å²) in [5.74, 6) is 1.49. The fraction of sp³-hybridized carbons (Fsp3) is 0.438. The second-order valence-electron chi connectivity index (χ2n) is 5.31. The van der Waals surface area contributed by atoms with Crippen LogP contribution < -0.4 is 10.2 Å². The van der Waals surface area contributed by atoms with Gasteiger partial charge < -0.3 is 10.2 Å². The SMILES string of the molecule is CCCCNc1cnnc(N2CCCc3ccccc32)n1. The molecule has 0 radical (unpaired) electrons. The molecule has 1 N–H and O–H groups in total. The van der Waals surface area contributed by atoms with Crippen molar-refractivity contribution in [1.29, 1.82) is 0 Å². The summed E-state index contributed by atoms with van der Waals surface area (Å²) in [5, 5.41) is 11.6. The van der Waals surface area contributed by atoms with Gasteiger partial charge in [-0.2, -0.15) is 10.1 Å². The van der Waals surface area contributed by atoms with Crippen molar-refractivity contribution in [3.8, 4) is 0 Å². The van der Waals surface area contributed by atoms with E-state index in [9.17, 15) is 0 Å². The van der Waals surface area contributed by atoms with Gasteiger partial charge in [-0.25, -0.2) is 0 Å². The first kappa shape index (κ1) is 13.8. The number of nitrogens with zero attached hydrogens (tertiary/aromatic N) is 4. The highest BCUT2D eigenvalue weighted by Gasteiger charge is 2.20. The van der Waals surface area contributed by atoms with Crippen molar-refractivity contribution in [2.24, 2.45) is 0 Å². The molecule has 1 aliphatic rings. The first-order chi connectivity index (χ1) is 10.4. The lowest BCUT2D eigenvalue weighted by atomic mass is 10.0. The third-order valence-electron chi connectivity index (χ3n) is 3.74. The Morgan fingerprint density at radius 2 is 2.19 bits per heavy atom. The van der Waals surface area contributed by atoms with Crippen LogP contribution in [0.5, 0.6) is 0 Å². The zero-order valence-electron chi connectivity index (χ0n) is 12.4. The van der Waals surface area contributed by atoms with Crippen LogP contribution >= 0.6 is 0 Å². The lowest BCUT2D eigenvalue weighted by molar-refractivity contribution is 0.740. The highest BCUT2D eigenvalue weighted by molar-refractivity contribution is 5.63. The maximum absolute atomic E-state index is 4.61. The summed E-state index contributed by atoms with van der Waals surface area (Å²) in [5.41, 5.74) is 2.56. The average Bonchev–Trinajstić information content (AvgIpc) is 2.55. The number of hydrogen-bond donors (Lipinski definition) is 1. The van der Waals surface area contributed by atoms with E-state index < -0.39 is 0 Å². The molecule has 2 heterocycles. The van der Waals surface area contributed by atoms with Gasteiger partial charge in [-0.1, -0.05) is 31.5 Å². The monoisotopic (exact) mass is 283 g/mol. The van der Waals surface area contributed by atoms with Crippen LogP contribution in [0.4, 0.5) is 17.5 Å². The lowest BCUT2D eigenvalue weighted by Crippen LogP contribution is -2.26. The van der Waals surface area contributed by atoms with Crippen LogP contribution in [-0.2, 0) is 6.42 Å². The number of aromatic nitrogens is 3. The molecule has 0 saturated carbocycles. The van der Waals surface area contributed by atoms with Crippen molar-refractivity contribution in [1.82, 2.24) is 15.2 Å². The molecule has 0 unspecified atom stereocenters. The van der Waals surface area contributed by atoms with Gasteiger partial charge >= 0.3 is 0 Å². The number of benzene rings is 1. The Balaban J connectivity index is 1.83. The lowest BCUT2D eigenvalue weighted by Gasteiger charge is -2.29.